The van der Waals surface area contributed by atoms with Crippen LogP contribution in [0.3, 0.4) is 0 Å². The number of ether oxygens (including phenoxy) is 2. The summed E-state index contributed by atoms with van der Waals surface area (Å²) in [7, 11) is 0. The molecule has 15 nitrogen and oxygen atoms in total. The van der Waals surface area contributed by atoms with Gasteiger partial charge in [-0.15, -0.1) is 23.1 Å². The lowest BCUT2D eigenvalue weighted by Gasteiger charge is -2.43. The number of nitrogens with zero attached hydrogens (tertiary/aromatic N) is 4. The Kier molecular flexibility index (Phi) is 12.5. The number of thioether (sulfide) groups is 1. The van der Waals surface area contributed by atoms with Gasteiger partial charge in [0.2, 0.25) is 5.91 Å². The molecule has 0 spiro atoms. The maximum absolute atomic E-state index is 12.4. The monoisotopic (exact) mass is 686 g/mol. The lowest BCUT2D eigenvalue weighted by atomic mass is 9.98. The van der Waals surface area contributed by atoms with Crippen LogP contribution in [0.1, 0.15) is 63.6 Å². The van der Waals surface area contributed by atoms with Gasteiger partial charge in [-0.3, -0.25) is 19.5 Å². The summed E-state index contributed by atoms with van der Waals surface area (Å²) >= 11 is 2.69. The van der Waals surface area contributed by atoms with Gasteiger partial charge in [0.15, 0.2) is 17.1 Å². The molecule has 4 heterocycles. The minimum Gasteiger partial charge on any atom is -0.477 e. The third kappa shape index (κ3) is 10.1. The molecule has 0 radical (unpaired) electrons. The highest BCUT2D eigenvalue weighted by Gasteiger charge is 2.44. The molecule has 0 bridgehead atoms. The Hall–Kier alpha value is -4.77. The molecule has 1 saturated heterocycles. The van der Waals surface area contributed by atoms with Gasteiger partial charge in [0.05, 0.1) is 11.8 Å². The highest BCUT2D eigenvalue weighted by Crippen LogP contribution is 2.40. The highest BCUT2D eigenvalue weighted by atomic mass is 32.2. The maximum Gasteiger partial charge on any atom is 0.510 e. The smallest absolute Gasteiger partial charge is 0.477 e. The molecule has 2 aromatic rings. The molecule has 2 fully saturated rings. The predicted octanol–water partition coefficient (Wildman–Crippen LogP) is 3.68. The summed E-state index contributed by atoms with van der Waals surface area (Å²) in [4.78, 5) is 72.1. The van der Waals surface area contributed by atoms with Crippen LogP contribution >= 0.6 is 23.1 Å². The molecule has 2 aromatic heterocycles. The first-order chi connectivity index (χ1) is 22.5. The molecule has 1 saturated carbocycles. The number of pyridine rings is 1. The minimum atomic E-state index is -1.05. The number of rotatable bonds is 9. The molecule has 1 aliphatic carbocycles. The van der Waals surface area contributed by atoms with Crippen LogP contribution in [-0.4, -0.2) is 79.1 Å². The van der Waals surface area contributed by atoms with Gasteiger partial charge in [0.1, 0.15) is 17.5 Å². The number of carbonyl (C=O) groups is 5. The van der Waals surface area contributed by atoms with Crippen LogP contribution in [0.2, 0.25) is 0 Å². The van der Waals surface area contributed by atoms with Gasteiger partial charge >= 0.3 is 18.1 Å². The van der Waals surface area contributed by atoms with Gasteiger partial charge in [0, 0.05) is 30.5 Å². The largest absolute Gasteiger partial charge is 0.510 e. The fourth-order valence-corrected chi connectivity index (χ4v) is 6.51. The van der Waals surface area contributed by atoms with Crippen molar-refractivity contribution in [2.24, 2.45) is 5.16 Å². The number of hydrogen-bond acceptors (Lipinski definition) is 14. The Morgan fingerprint density at radius 1 is 1.21 bits per heavy atom. The van der Waals surface area contributed by atoms with Gasteiger partial charge in [-0.05, 0) is 49.8 Å². The molecule has 3 aliphatic rings. The number of carboxylic acid groups (broad SMARTS) is 1. The van der Waals surface area contributed by atoms with Crippen LogP contribution < -0.4 is 11.1 Å². The number of nitrogen functional groups attached to an aromatic ring is 1. The zero-order valence-corrected chi connectivity index (χ0v) is 27.3. The van der Waals surface area contributed by atoms with E-state index >= 15 is 0 Å². The number of aromatic nitrogens is 2. The second-order valence-corrected chi connectivity index (χ2v) is 12.5. The lowest BCUT2D eigenvalue weighted by molar-refractivity contribution is -0.146. The highest BCUT2D eigenvalue weighted by molar-refractivity contribution is 8.00. The fraction of sp³-hybridized carbons (Fsp3) is 0.400. The summed E-state index contributed by atoms with van der Waals surface area (Å²) < 4.78 is 10.3. The molecule has 2 amide bonds. The summed E-state index contributed by atoms with van der Waals surface area (Å²) in [5, 5.41) is 17.0. The Bertz CT molecular complexity index is 1570. The van der Waals surface area contributed by atoms with Crippen LogP contribution in [0.15, 0.2) is 52.4 Å². The van der Waals surface area contributed by atoms with Gasteiger partial charge in [-0.1, -0.05) is 29.8 Å². The van der Waals surface area contributed by atoms with Gasteiger partial charge in [-0.2, -0.15) is 0 Å². The number of aliphatic carboxylic acids is 1. The summed E-state index contributed by atoms with van der Waals surface area (Å²) in [6.07, 6.45) is 10.1. The molecular formula is C30H34N6O9S2. The number of allylic oxidation sites excluding steroid dienone is 1. The molecule has 17 heteroatoms. The fourth-order valence-electron chi connectivity index (χ4n) is 4.72. The van der Waals surface area contributed by atoms with E-state index < -0.39 is 30.2 Å². The van der Waals surface area contributed by atoms with Crippen molar-refractivity contribution in [3.05, 3.63) is 58.5 Å². The first-order valence-electron chi connectivity index (χ1n) is 14.6. The quantitative estimate of drug-likeness (QED) is 0.0859. The normalized spacial score (nSPS) is 18.7. The van der Waals surface area contributed by atoms with Crippen molar-refractivity contribution in [3.63, 3.8) is 0 Å². The van der Waals surface area contributed by atoms with E-state index in [0.29, 0.717) is 17.7 Å². The van der Waals surface area contributed by atoms with E-state index in [4.69, 9.17) is 15.2 Å². The van der Waals surface area contributed by atoms with Crippen molar-refractivity contribution < 1.29 is 43.4 Å². The number of amides is 2. The number of oxime groups is 1. The van der Waals surface area contributed by atoms with Gasteiger partial charge in [0.25, 0.3) is 5.91 Å². The maximum atomic E-state index is 12.4. The first-order valence-corrected chi connectivity index (χ1v) is 16.6. The molecule has 5 rings (SSSR count). The van der Waals surface area contributed by atoms with Gasteiger partial charge < -0.3 is 30.5 Å². The van der Waals surface area contributed by atoms with Gasteiger partial charge in [-0.25, -0.2) is 19.4 Å². The number of carbonyl (C=O) groups excluding carboxylic acids is 4. The van der Waals surface area contributed by atoms with E-state index in [0.717, 1.165) is 55.9 Å². The van der Waals surface area contributed by atoms with Crippen LogP contribution in [0.4, 0.5) is 9.93 Å². The minimum absolute atomic E-state index is 0.0101. The molecule has 2 atom stereocenters. The van der Waals surface area contributed by atoms with E-state index in [1.54, 1.807) is 30.2 Å². The summed E-state index contributed by atoms with van der Waals surface area (Å²) in [6.45, 7) is 2.60. The average Bonchev–Trinajstić information content (AvgIpc) is 3.46. The van der Waals surface area contributed by atoms with Crippen molar-refractivity contribution in [2.75, 3.05) is 11.5 Å². The van der Waals surface area contributed by atoms with E-state index in [-0.39, 0.29) is 39.6 Å². The second kappa shape index (κ2) is 16.7. The molecule has 0 aromatic carbocycles. The number of thiazole rings is 1. The molecule has 2 aliphatic heterocycles. The predicted molar refractivity (Wildman–Crippen MR) is 173 cm³/mol. The zero-order valence-electron chi connectivity index (χ0n) is 25.6. The van der Waals surface area contributed by atoms with Crippen molar-refractivity contribution in [3.8, 4) is 0 Å². The van der Waals surface area contributed by atoms with E-state index in [1.807, 2.05) is 18.2 Å². The number of carboxylic acids is 1. The SMILES string of the molecule is CC(=O)ON=C(C(=O)NC(C)OC(=O)OC1CCCCC1)c1csc(N)n1.O=C(O)C1=C(/C=C\c2cccnc2)CS[C@H]2CC(=O)N12. The van der Waals surface area contributed by atoms with Crippen LogP contribution in [0.25, 0.3) is 6.08 Å². The van der Waals surface area contributed by atoms with Crippen molar-refractivity contribution in [1.29, 1.82) is 0 Å². The Morgan fingerprint density at radius 2 is 1.98 bits per heavy atom. The topological polar surface area (TPSA) is 213 Å². The van der Waals surface area contributed by atoms with Crippen LogP contribution in [0.5, 0.6) is 0 Å². The van der Waals surface area contributed by atoms with Crippen molar-refractivity contribution in [2.45, 2.75) is 70.1 Å². The number of anilines is 1. The van der Waals surface area contributed by atoms with Crippen molar-refractivity contribution >= 4 is 69.9 Å². The number of fused-ring (bicyclic) bond motifs is 1. The van der Waals surface area contributed by atoms with Crippen LogP contribution in [0, 0.1) is 0 Å². The standard InChI is InChI=1S/C16H22N4O6S.C14H12N2O3S/c1-9(24-16(23)25-11-6-4-3-5-7-11)18-14(22)13(20-26-10(2)21)12-8-27-15(17)19-12;17-11-6-12-16(11)13(14(18)19)10(8-20-12)4-3-9-2-1-5-15-7-9/h8-9,11H,3-7H2,1-2H3,(H2,17,19)(H,18,22);1-5,7,12H,6,8H2,(H,18,19)/b;4-3-/t;12-/m.0/s1. The second-order valence-electron chi connectivity index (χ2n) is 10.5. The third-order valence-electron chi connectivity index (χ3n) is 6.91. The molecule has 47 heavy (non-hydrogen) atoms. The Labute approximate surface area is 278 Å². The van der Waals surface area contributed by atoms with Crippen LogP contribution in [-0.2, 0) is 33.5 Å². The Morgan fingerprint density at radius 3 is 2.60 bits per heavy atom. The third-order valence-corrected chi connectivity index (χ3v) is 8.83. The van der Waals surface area contributed by atoms with E-state index in [1.165, 1.54) is 17.2 Å². The summed E-state index contributed by atoms with van der Waals surface area (Å²) in [5.41, 5.74) is 7.09. The summed E-state index contributed by atoms with van der Waals surface area (Å²) in [5.74, 6) is -2.02. The average molecular weight is 687 g/mol. The molecule has 4 N–H and O–H groups in total. The molecule has 1 unspecified atom stereocenters. The first kappa shape index (κ1) is 35.1. The molecular weight excluding hydrogens is 652 g/mol. The zero-order chi connectivity index (χ0) is 33.9. The lowest BCUT2D eigenvalue weighted by Crippen LogP contribution is -2.53. The molecule has 250 valence electrons. The van der Waals surface area contributed by atoms with E-state index in [9.17, 15) is 29.1 Å². The number of β-lactam (4-membered cyclic amide) rings is 1. The summed E-state index contributed by atoms with van der Waals surface area (Å²) in [6, 6.07) is 3.70. The number of hydrogen-bond donors (Lipinski definition) is 3. The number of nitrogens with two attached hydrogens (primary N) is 1. The van der Waals surface area contributed by atoms with Crippen molar-refractivity contribution in [1.82, 2.24) is 20.2 Å². The Balaban J connectivity index is 0.000000221. The van der Waals surface area contributed by atoms with E-state index in [2.05, 4.69) is 25.3 Å². The number of nitrogens with one attached hydrogen (secondary N) is 1.